The van der Waals surface area contributed by atoms with Gasteiger partial charge in [-0.1, -0.05) is 19.8 Å². The van der Waals surface area contributed by atoms with Crippen LogP contribution in [0.2, 0.25) is 0 Å². The van der Waals surface area contributed by atoms with E-state index >= 15 is 0 Å². The second kappa shape index (κ2) is 6.51. The van der Waals surface area contributed by atoms with Crippen LogP contribution in [-0.4, -0.2) is 22.4 Å². The van der Waals surface area contributed by atoms with E-state index < -0.39 is 10.8 Å². The molecule has 0 saturated heterocycles. The number of rotatable bonds is 4. The predicted molar refractivity (Wildman–Crippen MR) is 78.8 cm³/mol. The zero-order valence-electron chi connectivity index (χ0n) is 12.0. The van der Waals surface area contributed by atoms with Crippen molar-refractivity contribution in [3.63, 3.8) is 0 Å². The summed E-state index contributed by atoms with van der Waals surface area (Å²) in [4.78, 5) is 25.9. The van der Waals surface area contributed by atoms with Gasteiger partial charge in [0, 0.05) is 12.6 Å². The molecule has 2 rings (SSSR count). The average Bonchev–Trinajstić information content (AvgIpc) is 2.46. The maximum atomic E-state index is 12.1. The van der Waals surface area contributed by atoms with Crippen molar-refractivity contribution >= 4 is 17.4 Å². The number of nitrogens with one attached hydrogen (secondary N) is 1. The first kappa shape index (κ1) is 15.2. The van der Waals surface area contributed by atoms with Crippen molar-refractivity contribution in [1.29, 1.82) is 0 Å². The van der Waals surface area contributed by atoms with Crippen molar-refractivity contribution in [3.05, 3.63) is 27.9 Å². The number of hydrogen-bond donors (Lipinski definition) is 2. The van der Waals surface area contributed by atoms with Crippen LogP contribution in [0.25, 0.3) is 0 Å². The third-order valence-electron chi connectivity index (χ3n) is 4.05. The van der Waals surface area contributed by atoms with Crippen molar-refractivity contribution in [3.8, 4) is 0 Å². The van der Waals surface area contributed by atoms with E-state index in [1.54, 1.807) is 0 Å². The highest BCUT2D eigenvalue weighted by molar-refractivity contribution is 5.98. The molecule has 1 heterocycles. The Kier molecular flexibility index (Phi) is 4.72. The fourth-order valence-electron chi connectivity index (χ4n) is 2.61. The van der Waals surface area contributed by atoms with Crippen LogP contribution in [0, 0.1) is 22.0 Å². The van der Waals surface area contributed by atoms with Gasteiger partial charge < -0.3 is 11.1 Å². The highest BCUT2D eigenvalue weighted by Crippen LogP contribution is 2.27. The van der Waals surface area contributed by atoms with Gasteiger partial charge in [0.1, 0.15) is 12.0 Å². The first-order chi connectivity index (χ1) is 9.97. The Labute approximate surface area is 123 Å². The Bertz CT molecular complexity index is 539. The fraction of sp³-hybridized carbons (Fsp3) is 0.571. The van der Waals surface area contributed by atoms with E-state index in [1.807, 2.05) is 0 Å². The number of nitrogens with two attached hydrogens (primary N) is 1. The molecule has 0 unspecified atom stereocenters. The van der Waals surface area contributed by atoms with Gasteiger partial charge in [0.2, 0.25) is 0 Å². The Balaban J connectivity index is 1.97. The highest BCUT2D eigenvalue weighted by atomic mass is 16.6. The number of carbonyl (C=O) groups is 1. The number of nitrogens with zero attached hydrogens (tertiary/aromatic N) is 2. The van der Waals surface area contributed by atoms with Gasteiger partial charge in [-0.15, -0.1) is 0 Å². The smallest absolute Gasteiger partial charge is 0.288 e. The molecular weight excluding hydrogens is 272 g/mol. The molecule has 7 heteroatoms. The molecule has 1 saturated carbocycles. The van der Waals surface area contributed by atoms with Crippen LogP contribution in [-0.2, 0) is 0 Å². The lowest BCUT2D eigenvalue weighted by Crippen LogP contribution is -2.31. The summed E-state index contributed by atoms with van der Waals surface area (Å²) in [7, 11) is 0. The molecule has 1 aliphatic rings. The Hall–Kier alpha value is -2.18. The molecule has 1 aromatic heterocycles. The first-order valence-corrected chi connectivity index (χ1v) is 7.15. The molecule has 0 spiro atoms. The molecule has 1 amide bonds. The average molecular weight is 292 g/mol. The number of hydrogen-bond acceptors (Lipinski definition) is 5. The zero-order valence-corrected chi connectivity index (χ0v) is 12.0. The number of nitrogen functional groups attached to an aromatic ring is 1. The maximum absolute atomic E-state index is 12.1. The van der Waals surface area contributed by atoms with Gasteiger partial charge in [-0.3, -0.25) is 14.9 Å². The molecule has 1 aliphatic carbocycles. The predicted octanol–water partition coefficient (Wildman–Crippen LogP) is 2.13. The van der Waals surface area contributed by atoms with Crippen LogP contribution in [0.15, 0.2) is 12.3 Å². The normalized spacial score (nSPS) is 21.8. The largest absolute Gasteiger partial charge is 0.383 e. The van der Waals surface area contributed by atoms with Gasteiger partial charge in [-0.2, -0.15) is 0 Å². The molecular formula is C14H20N4O3. The highest BCUT2D eigenvalue weighted by Gasteiger charge is 2.21. The van der Waals surface area contributed by atoms with Crippen LogP contribution in [0.3, 0.4) is 0 Å². The van der Waals surface area contributed by atoms with Crippen LogP contribution in [0.5, 0.6) is 0 Å². The van der Waals surface area contributed by atoms with Crippen molar-refractivity contribution in [2.24, 2.45) is 11.8 Å². The maximum Gasteiger partial charge on any atom is 0.288 e. The monoisotopic (exact) mass is 292 g/mol. The van der Waals surface area contributed by atoms with Gasteiger partial charge in [-0.05, 0) is 24.7 Å². The molecule has 114 valence electrons. The van der Waals surface area contributed by atoms with Crippen molar-refractivity contribution in [2.75, 3.05) is 12.3 Å². The summed E-state index contributed by atoms with van der Waals surface area (Å²) in [6.45, 7) is 2.82. The number of pyridine rings is 1. The number of carbonyl (C=O) groups excluding carboxylic acids is 1. The second-order valence-corrected chi connectivity index (χ2v) is 5.72. The third kappa shape index (κ3) is 3.90. The third-order valence-corrected chi connectivity index (χ3v) is 4.05. The van der Waals surface area contributed by atoms with Gasteiger partial charge in [-0.25, -0.2) is 4.98 Å². The van der Waals surface area contributed by atoms with E-state index in [2.05, 4.69) is 17.2 Å². The van der Waals surface area contributed by atoms with E-state index in [4.69, 9.17) is 5.73 Å². The van der Waals surface area contributed by atoms with E-state index in [9.17, 15) is 14.9 Å². The standard InChI is InChI=1S/C14H20N4O3/c1-9-2-4-10(5-3-9)7-17-14(19)12-6-11(18(20)21)8-16-13(12)15/h6,8-10H,2-5,7H2,1H3,(H2,15,16)(H,17,19). The molecule has 0 radical (unpaired) electrons. The molecule has 1 fully saturated rings. The van der Waals surface area contributed by atoms with E-state index in [1.165, 1.54) is 18.9 Å². The van der Waals surface area contributed by atoms with E-state index in [-0.39, 0.29) is 17.1 Å². The summed E-state index contributed by atoms with van der Waals surface area (Å²) in [5, 5.41) is 13.5. The van der Waals surface area contributed by atoms with Crippen LogP contribution in [0.4, 0.5) is 11.5 Å². The minimum Gasteiger partial charge on any atom is -0.383 e. The first-order valence-electron chi connectivity index (χ1n) is 7.15. The minimum atomic E-state index is -0.592. The van der Waals surface area contributed by atoms with E-state index in [0.717, 1.165) is 25.0 Å². The second-order valence-electron chi connectivity index (χ2n) is 5.72. The Morgan fingerprint density at radius 3 is 2.76 bits per heavy atom. The molecule has 7 nitrogen and oxygen atoms in total. The molecule has 3 N–H and O–H groups in total. The van der Waals surface area contributed by atoms with Gasteiger partial charge in [0.25, 0.3) is 11.6 Å². The summed E-state index contributed by atoms with van der Waals surface area (Å²) in [6.07, 6.45) is 5.62. The molecule has 0 aromatic carbocycles. The summed E-state index contributed by atoms with van der Waals surface area (Å²) < 4.78 is 0. The summed E-state index contributed by atoms with van der Waals surface area (Å²) in [5.74, 6) is 0.837. The van der Waals surface area contributed by atoms with Crippen LogP contribution >= 0.6 is 0 Å². The fourth-order valence-corrected chi connectivity index (χ4v) is 2.61. The number of aromatic nitrogens is 1. The minimum absolute atomic E-state index is 0.00960. The SMILES string of the molecule is CC1CCC(CNC(=O)c2cc([N+](=O)[O-])cnc2N)CC1. The van der Waals surface area contributed by atoms with E-state index in [0.29, 0.717) is 12.5 Å². The molecule has 0 aliphatic heterocycles. The molecule has 1 aromatic rings. The van der Waals surface area contributed by atoms with Crippen molar-refractivity contribution < 1.29 is 9.72 Å². The van der Waals surface area contributed by atoms with Gasteiger partial charge in [0.15, 0.2) is 0 Å². The summed E-state index contributed by atoms with van der Waals surface area (Å²) in [6, 6.07) is 1.17. The number of amides is 1. The number of anilines is 1. The molecule has 0 bridgehead atoms. The van der Waals surface area contributed by atoms with Gasteiger partial charge >= 0.3 is 0 Å². The molecule has 0 atom stereocenters. The van der Waals surface area contributed by atoms with Gasteiger partial charge in [0.05, 0.1) is 10.5 Å². The Morgan fingerprint density at radius 1 is 1.48 bits per heavy atom. The van der Waals surface area contributed by atoms with Crippen LogP contribution in [0.1, 0.15) is 43.0 Å². The summed E-state index contributed by atoms with van der Waals surface area (Å²) >= 11 is 0. The topological polar surface area (TPSA) is 111 Å². The zero-order chi connectivity index (χ0) is 15.4. The lowest BCUT2D eigenvalue weighted by molar-refractivity contribution is -0.385. The molecule has 21 heavy (non-hydrogen) atoms. The quantitative estimate of drug-likeness (QED) is 0.652. The lowest BCUT2D eigenvalue weighted by Gasteiger charge is -2.26. The lowest BCUT2D eigenvalue weighted by atomic mass is 9.83. The Morgan fingerprint density at radius 2 is 2.14 bits per heavy atom. The number of nitro groups is 1. The van der Waals surface area contributed by atoms with Crippen molar-refractivity contribution in [1.82, 2.24) is 10.3 Å². The van der Waals surface area contributed by atoms with Crippen molar-refractivity contribution in [2.45, 2.75) is 32.6 Å². The summed E-state index contributed by atoms with van der Waals surface area (Å²) in [5.41, 5.74) is 5.45. The van der Waals surface area contributed by atoms with Crippen LogP contribution < -0.4 is 11.1 Å².